The van der Waals surface area contributed by atoms with Crippen LogP contribution in [0.4, 0.5) is 5.69 Å². The van der Waals surface area contributed by atoms with Crippen LogP contribution in [0.3, 0.4) is 0 Å². The Morgan fingerprint density at radius 1 is 1.18 bits per heavy atom. The maximum Gasteiger partial charge on any atom is 0.338 e. The van der Waals surface area contributed by atoms with Gasteiger partial charge in [-0.1, -0.05) is 49.7 Å². The Bertz CT molecular complexity index is 640. The molecule has 0 unspecified atom stereocenters. The van der Waals surface area contributed by atoms with Crippen LogP contribution < -0.4 is 5.32 Å². The third kappa shape index (κ3) is 4.78. The van der Waals surface area contributed by atoms with Crippen molar-refractivity contribution in [3.05, 3.63) is 64.7 Å². The van der Waals surface area contributed by atoms with Gasteiger partial charge in [0, 0.05) is 17.3 Å². The molecule has 0 aliphatic rings. The van der Waals surface area contributed by atoms with Crippen LogP contribution >= 0.6 is 11.6 Å². The first kappa shape index (κ1) is 16.4. The Kier molecular flexibility index (Phi) is 5.84. The summed E-state index contributed by atoms with van der Waals surface area (Å²) in [7, 11) is 0. The zero-order valence-electron chi connectivity index (χ0n) is 12.8. The number of carbonyl (C=O) groups excluding carboxylic acids is 1. The Morgan fingerprint density at radius 2 is 1.95 bits per heavy atom. The molecule has 2 aromatic rings. The summed E-state index contributed by atoms with van der Waals surface area (Å²) in [5, 5.41) is 3.99. The van der Waals surface area contributed by atoms with E-state index in [9.17, 15) is 4.79 Å². The highest BCUT2D eigenvalue weighted by molar-refractivity contribution is 6.31. The predicted octanol–water partition coefficient (Wildman–Crippen LogP) is 4.76. The van der Waals surface area contributed by atoms with E-state index in [0.29, 0.717) is 24.6 Å². The summed E-state index contributed by atoms with van der Waals surface area (Å²) in [5.41, 5.74) is 2.42. The van der Waals surface area contributed by atoms with Crippen LogP contribution in [0.2, 0.25) is 5.02 Å². The quantitative estimate of drug-likeness (QED) is 0.780. The lowest BCUT2D eigenvalue weighted by Gasteiger charge is -2.10. The molecule has 3 nitrogen and oxygen atoms in total. The second-order valence-corrected chi connectivity index (χ2v) is 5.93. The van der Waals surface area contributed by atoms with Gasteiger partial charge in [-0.25, -0.2) is 4.79 Å². The van der Waals surface area contributed by atoms with Gasteiger partial charge in [0.1, 0.15) is 0 Å². The summed E-state index contributed by atoms with van der Waals surface area (Å²) < 4.78 is 5.24. The van der Waals surface area contributed by atoms with E-state index in [1.54, 1.807) is 12.1 Å². The zero-order valence-corrected chi connectivity index (χ0v) is 13.6. The summed E-state index contributed by atoms with van der Waals surface area (Å²) in [4.78, 5) is 12.0. The topological polar surface area (TPSA) is 38.3 Å². The number of rotatable bonds is 6. The van der Waals surface area contributed by atoms with E-state index >= 15 is 0 Å². The minimum absolute atomic E-state index is 0.296. The molecule has 0 aliphatic carbocycles. The van der Waals surface area contributed by atoms with Crippen molar-refractivity contribution in [1.29, 1.82) is 0 Å². The van der Waals surface area contributed by atoms with Gasteiger partial charge in [0.15, 0.2) is 0 Å². The first-order chi connectivity index (χ1) is 10.6. The van der Waals surface area contributed by atoms with Gasteiger partial charge >= 0.3 is 5.97 Å². The molecule has 4 heteroatoms. The van der Waals surface area contributed by atoms with Crippen molar-refractivity contribution in [3.63, 3.8) is 0 Å². The van der Waals surface area contributed by atoms with E-state index in [0.717, 1.165) is 16.3 Å². The number of nitrogens with one attached hydrogen (secondary N) is 1. The molecular weight excluding hydrogens is 298 g/mol. The van der Waals surface area contributed by atoms with E-state index in [-0.39, 0.29) is 5.97 Å². The van der Waals surface area contributed by atoms with Gasteiger partial charge < -0.3 is 10.1 Å². The summed E-state index contributed by atoms with van der Waals surface area (Å²) in [5.74, 6) is 0.0283. The average molecular weight is 318 g/mol. The molecule has 0 amide bonds. The predicted molar refractivity (Wildman–Crippen MR) is 90.3 cm³/mol. The van der Waals surface area contributed by atoms with Gasteiger partial charge in [-0.05, 0) is 35.7 Å². The van der Waals surface area contributed by atoms with Crippen molar-refractivity contribution >= 4 is 23.3 Å². The van der Waals surface area contributed by atoms with Crippen molar-refractivity contribution in [2.45, 2.75) is 20.4 Å². The van der Waals surface area contributed by atoms with Gasteiger partial charge in [0.25, 0.3) is 0 Å². The molecule has 0 aliphatic heterocycles. The lowest BCUT2D eigenvalue weighted by atomic mass is 10.2. The summed E-state index contributed by atoms with van der Waals surface area (Å²) in [6.07, 6.45) is 0. The number of anilines is 1. The van der Waals surface area contributed by atoms with Crippen LogP contribution in [-0.4, -0.2) is 12.6 Å². The molecule has 0 spiro atoms. The molecule has 116 valence electrons. The fourth-order valence-electron chi connectivity index (χ4n) is 1.92. The van der Waals surface area contributed by atoms with E-state index in [1.807, 2.05) is 50.2 Å². The average Bonchev–Trinajstić information content (AvgIpc) is 2.52. The van der Waals surface area contributed by atoms with Crippen LogP contribution in [0.15, 0.2) is 48.5 Å². The molecule has 0 saturated heterocycles. The molecule has 22 heavy (non-hydrogen) atoms. The molecular formula is C18H20ClNO2. The maximum atomic E-state index is 12.0. The third-order valence-electron chi connectivity index (χ3n) is 3.09. The van der Waals surface area contributed by atoms with Crippen molar-refractivity contribution in [1.82, 2.24) is 0 Å². The van der Waals surface area contributed by atoms with E-state index < -0.39 is 0 Å². The number of esters is 1. The van der Waals surface area contributed by atoms with E-state index in [1.165, 1.54) is 0 Å². The minimum Gasteiger partial charge on any atom is -0.462 e. The summed E-state index contributed by atoms with van der Waals surface area (Å²) in [6, 6.07) is 15.0. The standard InChI is InChI=1S/C18H20ClNO2/c1-13(2)12-22-18(21)14-7-5-8-16(10-14)20-11-15-6-3-4-9-17(15)19/h3-10,13,20H,11-12H2,1-2H3. The second-order valence-electron chi connectivity index (χ2n) is 5.52. The first-order valence-electron chi connectivity index (χ1n) is 7.30. The van der Waals surface area contributed by atoms with Gasteiger partial charge in [-0.15, -0.1) is 0 Å². The number of hydrogen-bond acceptors (Lipinski definition) is 3. The number of hydrogen-bond donors (Lipinski definition) is 1. The molecule has 0 aromatic heterocycles. The number of halogens is 1. The van der Waals surface area contributed by atoms with Crippen molar-refractivity contribution < 1.29 is 9.53 Å². The van der Waals surface area contributed by atoms with E-state index in [4.69, 9.17) is 16.3 Å². The number of carbonyl (C=O) groups is 1. The summed E-state index contributed by atoms with van der Waals surface area (Å²) in [6.45, 7) is 5.05. The zero-order chi connectivity index (χ0) is 15.9. The number of ether oxygens (including phenoxy) is 1. The lowest BCUT2D eigenvalue weighted by Crippen LogP contribution is -2.10. The summed E-state index contributed by atoms with van der Waals surface area (Å²) >= 11 is 6.13. The van der Waals surface area contributed by atoms with Crippen LogP contribution in [0.25, 0.3) is 0 Å². The fraction of sp³-hybridized carbons (Fsp3) is 0.278. The minimum atomic E-state index is -0.296. The fourth-order valence-corrected chi connectivity index (χ4v) is 2.12. The second kappa shape index (κ2) is 7.85. The van der Waals surface area contributed by atoms with Gasteiger partial charge in [-0.2, -0.15) is 0 Å². The molecule has 0 heterocycles. The smallest absolute Gasteiger partial charge is 0.338 e. The van der Waals surface area contributed by atoms with Gasteiger partial charge in [0.05, 0.1) is 12.2 Å². The van der Waals surface area contributed by atoms with Crippen LogP contribution in [-0.2, 0) is 11.3 Å². The Morgan fingerprint density at radius 3 is 2.68 bits per heavy atom. The molecule has 2 aromatic carbocycles. The van der Waals surface area contributed by atoms with Crippen molar-refractivity contribution in [3.8, 4) is 0 Å². The Labute approximate surface area is 136 Å². The molecule has 2 rings (SSSR count). The largest absolute Gasteiger partial charge is 0.462 e. The normalized spacial score (nSPS) is 10.5. The maximum absolute atomic E-state index is 12.0. The molecule has 0 radical (unpaired) electrons. The molecule has 0 atom stereocenters. The lowest BCUT2D eigenvalue weighted by molar-refractivity contribution is 0.0459. The highest BCUT2D eigenvalue weighted by atomic mass is 35.5. The molecule has 0 fully saturated rings. The molecule has 1 N–H and O–H groups in total. The Hall–Kier alpha value is -2.00. The van der Waals surface area contributed by atoms with E-state index in [2.05, 4.69) is 5.32 Å². The first-order valence-corrected chi connectivity index (χ1v) is 7.68. The SMILES string of the molecule is CC(C)COC(=O)c1cccc(NCc2ccccc2Cl)c1. The van der Waals surface area contributed by atoms with Crippen LogP contribution in [0.5, 0.6) is 0 Å². The van der Waals surface area contributed by atoms with Gasteiger partial charge in [-0.3, -0.25) is 0 Å². The number of benzene rings is 2. The van der Waals surface area contributed by atoms with Crippen molar-refractivity contribution in [2.75, 3.05) is 11.9 Å². The molecule has 0 bridgehead atoms. The van der Waals surface area contributed by atoms with Crippen molar-refractivity contribution in [2.24, 2.45) is 5.92 Å². The monoisotopic (exact) mass is 317 g/mol. The van der Waals surface area contributed by atoms with Crippen LogP contribution in [0, 0.1) is 5.92 Å². The van der Waals surface area contributed by atoms with Crippen LogP contribution in [0.1, 0.15) is 29.8 Å². The third-order valence-corrected chi connectivity index (χ3v) is 3.46. The Balaban J connectivity index is 1.99. The highest BCUT2D eigenvalue weighted by Crippen LogP contribution is 2.18. The highest BCUT2D eigenvalue weighted by Gasteiger charge is 2.09. The van der Waals surface area contributed by atoms with Gasteiger partial charge in [0.2, 0.25) is 0 Å². The molecule has 0 saturated carbocycles.